The van der Waals surface area contributed by atoms with E-state index in [0.29, 0.717) is 17.3 Å². The molecule has 0 atom stereocenters. The predicted octanol–water partition coefficient (Wildman–Crippen LogP) is 1.89. The first-order chi connectivity index (χ1) is 14.9. The maximum atomic E-state index is 12.1. The van der Waals surface area contributed by atoms with E-state index < -0.39 is 0 Å². The SMILES string of the molecule is COc1ccc(/C=C/C(=O)NCCn2nc(-n3nc(C)cc3C)ccc2=O)cc1OC. The summed E-state index contributed by atoms with van der Waals surface area (Å²) in [5.41, 5.74) is 2.33. The molecule has 0 saturated carbocycles. The van der Waals surface area contributed by atoms with E-state index >= 15 is 0 Å². The summed E-state index contributed by atoms with van der Waals surface area (Å²) in [4.78, 5) is 24.2. The van der Waals surface area contributed by atoms with Crippen LogP contribution in [0.2, 0.25) is 0 Å². The number of nitrogens with zero attached hydrogens (tertiary/aromatic N) is 4. The first-order valence-corrected chi connectivity index (χ1v) is 9.71. The van der Waals surface area contributed by atoms with Crippen molar-refractivity contribution in [3.05, 3.63) is 69.8 Å². The Bertz CT molecular complexity index is 1160. The summed E-state index contributed by atoms with van der Waals surface area (Å²) in [6.07, 6.45) is 3.09. The lowest BCUT2D eigenvalue weighted by Crippen LogP contribution is -2.31. The average Bonchev–Trinajstić information content (AvgIpc) is 3.11. The molecular formula is C22H25N5O4. The van der Waals surface area contributed by atoms with Crippen LogP contribution in [0.1, 0.15) is 17.0 Å². The number of aryl methyl sites for hydroxylation is 2. The Kier molecular flexibility index (Phi) is 6.86. The number of nitrogens with one attached hydrogen (secondary N) is 1. The molecule has 2 aromatic heterocycles. The molecule has 0 aliphatic carbocycles. The van der Waals surface area contributed by atoms with Crippen LogP contribution >= 0.6 is 0 Å². The van der Waals surface area contributed by atoms with Gasteiger partial charge in [0, 0.05) is 24.4 Å². The fourth-order valence-electron chi connectivity index (χ4n) is 3.04. The van der Waals surface area contributed by atoms with E-state index in [1.165, 1.54) is 16.8 Å². The van der Waals surface area contributed by atoms with E-state index in [-0.39, 0.29) is 24.6 Å². The summed E-state index contributed by atoms with van der Waals surface area (Å²) in [6.45, 7) is 4.30. The maximum Gasteiger partial charge on any atom is 0.266 e. The minimum absolute atomic E-state index is 0.238. The molecular weight excluding hydrogens is 398 g/mol. The second-order valence-electron chi connectivity index (χ2n) is 6.83. The Morgan fingerprint density at radius 2 is 1.84 bits per heavy atom. The molecule has 2 heterocycles. The normalized spacial score (nSPS) is 11.0. The third kappa shape index (κ3) is 5.39. The molecule has 1 aromatic carbocycles. The minimum atomic E-state index is -0.280. The summed E-state index contributed by atoms with van der Waals surface area (Å²) in [5.74, 6) is 1.46. The van der Waals surface area contributed by atoms with Crippen LogP contribution in [0, 0.1) is 13.8 Å². The molecule has 162 valence electrons. The third-order valence-corrected chi connectivity index (χ3v) is 4.54. The Morgan fingerprint density at radius 3 is 2.52 bits per heavy atom. The zero-order valence-electron chi connectivity index (χ0n) is 18.0. The van der Waals surface area contributed by atoms with Crippen molar-refractivity contribution in [1.29, 1.82) is 0 Å². The molecule has 0 saturated heterocycles. The number of hydrogen-bond donors (Lipinski definition) is 1. The Morgan fingerprint density at radius 1 is 1.06 bits per heavy atom. The second kappa shape index (κ2) is 9.75. The highest BCUT2D eigenvalue weighted by molar-refractivity contribution is 5.91. The van der Waals surface area contributed by atoms with Gasteiger partial charge >= 0.3 is 0 Å². The number of aromatic nitrogens is 4. The highest BCUT2D eigenvalue weighted by Gasteiger charge is 2.08. The molecule has 9 heteroatoms. The van der Waals surface area contributed by atoms with Crippen molar-refractivity contribution in [2.24, 2.45) is 0 Å². The number of amides is 1. The van der Waals surface area contributed by atoms with Gasteiger partial charge in [-0.05, 0) is 49.8 Å². The van der Waals surface area contributed by atoms with Crippen molar-refractivity contribution in [2.75, 3.05) is 20.8 Å². The number of hydrogen-bond acceptors (Lipinski definition) is 6. The first-order valence-electron chi connectivity index (χ1n) is 9.71. The van der Waals surface area contributed by atoms with E-state index in [1.54, 1.807) is 43.2 Å². The standard InChI is InChI=1S/C22H25N5O4/c1-15-13-16(2)27(24-15)20-8-10-22(29)26(25-20)12-11-23-21(28)9-6-17-5-7-18(30-3)19(14-17)31-4/h5-10,13-14H,11-12H2,1-4H3,(H,23,28)/b9-6+. The average molecular weight is 423 g/mol. The van der Waals surface area contributed by atoms with E-state index in [1.807, 2.05) is 26.0 Å². The monoisotopic (exact) mass is 423 g/mol. The van der Waals surface area contributed by atoms with Crippen LogP contribution in [-0.2, 0) is 11.3 Å². The molecule has 0 fully saturated rings. The van der Waals surface area contributed by atoms with Crippen LogP contribution in [-0.4, -0.2) is 46.2 Å². The second-order valence-corrected chi connectivity index (χ2v) is 6.83. The molecule has 0 aliphatic rings. The van der Waals surface area contributed by atoms with Gasteiger partial charge in [0.1, 0.15) is 0 Å². The Balaban J connectivity index is 1.60. The van der Waals surface area contributed by atoms with Crippen molar-refractivity contribution < 1.29 is 14.3 Å². The number of methoxy groups -OCH3 is 2. The topological polar surface area (TPSA) is 100 Å². The molecule has 1 amide bonds. The molecule has 0 unspecified atom stereocenters. The van der Waals surface area contributed by atoms with Crippen molar-refractivity contribution >= 4 is 12.0 Å². The van der Waals surface area contributed by atoms with Gasteiger partial charge in [-0.2, -0.15) is 5.10 Å². The highest BCUT2D eigenvalue weighted by Crippen LogP contribution is 2.27. The fraction of sp³-hybridized carbons (Fsp3) is 0.273. The quantitative estimate of drug-likeness (QED) is 0.556. The van der Waals surface area contributed by atoms with E-state index in [2.05, 4.69) is 15.5 Å². The molecule has 31 heavy (non-hydrogen) atoms. The molecule has 9 nitrogen and oxygen atoms in total. The zero-order chi connectivity index (χ0) is 22.4. The Labute approximate surface area is 179 Å². The predicted molar refractivity (Wildman–Crippen MR) is 117 cm³/mol. The van der Waals surface area contributed by atoms with Gasteiger partial charge in [-0.15, -0.1) is 5.10 Å². The van der Waals surface area contributed by atoms with E-state index in [4.69, 9.17) is 9.47 Å². The number of ether oxygens (including phenoxy) is 2. The van der Waals surface area contributed by atoms with Gasteiger partial charge in [-0.3, -0.25) is 9.59 Å². The Hall–Kier alpha value is -3.88. The lowest BCUT2D eigenvalue weighted by Gasteiger charge is -2.09. The highest BCUT2D eigenvalue weighted by atomic mass is 16.5. The van der Waals surface area contributed by atoms with Crippen LogP contribution in [0.25, 0.3) is 11.9 Å². The lowest BCUT2D eigenvalue weighted by molar-refractivity contribution is -0.116. The number of carbonyl (C=O) groups is 1. The molecule has 1 N–H and O–H groups in total. The molecule has 0 spiro atoms. The van der Waals surface area contributed by atoms with E-state index in [0.717, 1.165) is 17.0 Å². The summed E-state index contributed by atoms with van der Waals surface area (Å²) in [6, 6.07) is 10.4. The largest absolute Gasteiger partial charge is 0.493 e. The minimum Gasteiger partial charge on any atom is -0.493 e. The number of carbonyl (C=O) groups excluding carboxylic acids is 1. The van der Waals surface area contributed by atoms with Crippen LogP contribution in [0.4, 0.5) is 0 Å². The van der Waals surface area contributed by atoms with Crippen molar-refractivity contribution in [1.82, 2.24) is 24.9 Å². The van der Waals surface area contributed by atoms with Crippen molar-refractivity contribution in [2.45, 2.75) is 20.4 Å². The summed E-state index contributed by atoms with van der Waals surface area (Å²) in [5, 5.41) is 11.5. The summed E-state index contributed by atoms with van der Waals surface area (Å²) < 4.78 is 13.4. The van der Waals surface area contributed by atoms with Crippen molar-refractivity contribution in [3.8, 4) is 17.3 Å². The maximum absolute atomic E-state index is 12.1. The number of rotatable bonds is 8. The first kappa shape index (κ1) is 21.8. The van der Waals surface area contributed by atoms with Crippen LogP contribution in [0.15, 0.2) is 47.3 Å². The lowest BCUT2D eigenvalue weighted by atomic mass is 10.2. The molecule has 3 aromatic rings. The number of benzene rings is 1. The zero-order valence-corrected chi connectivity index (χ0v) is 18.0. The van der Waals surface area contributed by atoms with Crippen LogP contribution in [0.3, 0.4) is 0 Å². The van der Waals surface area contributed by atoms with Gasteiger partial charge in [0.2, 0.25) is 5.91 Å². The van der Waals surface area contributed by atoms with Gasteiger partial charge in [-0.1, -0.05) is 6.07 Å². The van der Waals surface area contributed by atoms with Gasteiger partial charge in [0.15, 0.2) is 17.3 Å². The summed E-state index contributed by atoms with van der Waals surface area (Å²) in [7, 11) is 3.12. The van der Waals surface area contributed by atoms with Gasteiger partial charge < -0.3 is 14.8 Å². The van der Waals surface area contributed by atoms with E-state index in [9.17, 15) is 9.59 Å². The fourth-order valence-corrected chi connectivity index (χ4v) is 3.04. The van der Waals surface area contributed by atoms with Crippen molar-refractivity contribution in [3.63, 3.8) is 0 Å². The molecule has 0 aliphatic heterocycles. The van der Waals surface area contributed by atoms with Gasteiger partial charge in [0.05, 0.1) is 26.5 Å². The molecule has 3 rings (SSSR count). The summed E-state index contributed by atoms with van der Waals surface area (Å²) >= 11 is 0. The van der Waals surface area contributed by atoms with Crippen LogP contribution in [0.5, 0.6) is 11.5 Å². The van der Waals surface area contributed by atoms with Gasteiger partial charge in [0.25, 0.3) is 5.56 Å². The third-order valence-electron chi connectivity index (χ3n) is 4.54. The molecule has 0 radical (unpaired) electrons. The van der Waals surface area contributed by atoms with Gasteiger partial charge in [-0.25, -0.2) is 9.36 Å². The van der Waals surface area contributed by atoms with Crippen LogP contribution < -0.4 is 20.3 Å². The molecule has 0 bridgehead atoms. The smallest absolute Gasteiger partial charge is 0.266 e.